The molecule has 150 valence electrons. The van der Waals surface area contributed by atoms with Crippen LogP contribution in [-0.4, -0.2) is 23.4 Å². The first-order valence-electron chi connectivity index (χ1n) is 8.70. The van der Waals surface area contributed by atoms with Gasteiger partial charge in [0.2, 0.25) is 5.91 Å². The molecule has 1 heterocycles. The Kier molecular flexibility index (Phi) is 7.46. The number of ether oxygens (including phenoxy) is 1. The van der Waals surface area contributed by atoms with E-state index in [2.05, 4.69) is 15.6 Å². The van der Waals surface area contributed by atoms with Crippen molar-refractivity contribution in [1.29, 1.82) is 0 Å². The third kappa shape index (κ3) is 6.45. The molecule has 0 aliphatic carbocycles. The summed E-state index contributed by atoms with van der Waals surface area (Å²) < 4.78 is 5.56. The molecule has 2 amide bonds. The molecule has 0 unspecified atom stereocenters. The van der Waals surface area contributed by atoms with Crippen molar-refractivity contribution in [3.63, 3.8) is 0 Å². The Balaban J connectivity index is 1.40. The zero-order chi connectivity index (χ0) is 20.6. The summed E-state index contributed by atoms with van der Waals surface area (Å²) in [6, 6.07) is 11.9. The number of hydrogen-bond donors (Lipinski definition) is 2. The van der Waals surface area contributed by atoms with E-state index in [-0.39, 0.29) is 11.8 Å². The van der Waals surface area contributed by atoms with Gasteiger partial charge in [-0.05, 0) is 48.9 Å². The quantitative estimate of drug-likeness (QED) is 0.444. The molecule has 0 saturated heterocycles. The summed E-state index contributed by atoms with van der Waals surface area (Å²) in [5.74, 6) is 0.139. The minimum atomic E-state index is -0.266. The van der Waals surface area contributed by atoms with E-state index in [1.165, 1.54) is 11.3 Å². The van der Waals surface area contributed by atoms with E-state index in [0.717, 1.165) is 0 Å². The van der Waals surface area contributed by atoms with Crippen LogP contribution in [-0.2, 0) is 4.79 Å². The molecular formula is C20H17Cl2N3O3S. The Labute approximate surface area is 181 Å². The third-order valence-corrected chi connectivity index (χ3v) is 5.06. The Morgan fingerprint density at radius 2 is 1.76 bits per heavy atom. The lowest BCUT2D eigenvalue weighted by molar-refractivity contribution is -0.116. The number of anilines is 2. The van der Waals surface area contributed by atoms with Gasteiger partial charge < -0.3 is 15.4 Å². The van der Waals surface area contributed by atoms with Gasteiger partial charge in [-0.25, -0.2) is 4.98 Å². The first kappa shape index (κ1) is 21.1. The molecule has 3 aromatic rings. The van der Waals surface area contributed by atoms with Gasteiger partial charge in [0.1, 0.15) is 5.75 Å². The standard InChI is InChI=1S/C20H17Cl2N3O3S/c21-13-3-8-17(16(22)12-13)28-10-1-2-18(26)24-14-4-6-15(7-5-14)25-19(27)20-23-9-11-29-20/h3-9,11-12H,1-2,10H2,(H,24,26)(H,25,27). The average Bonchev–Trinajstić information content (AvgIpc) is 3.23. The first-order valence-corrected chi connectivity index (χ1v) is 10.3. The SMILES string of the molecule is O=C(CCCOc1ccc(Cl)cc1Cl)Nc1ccc(NC(=O)c2nccs2)cc1. The highest BCUT2D eigenvalue weighted by molar-refractivity contribution is 7.11. The highest BCUT2D eigenvalue weighted by Crippen LogP contribution is 2.27. The number of thiazole rings is 1. The van der Waals surface area contributed by atoms with Crippen LogP contribution in [0.5, 0.6) is 5.75 Å². The number of hydrogen-bond acceptors (Lipinski definition) is 5. The molecule has 6 nitrogen and oxygen atoms in total. The monoisotopic (exact) mass is 449 g/mol. The third-order valence-electron chi connectivity index (χ3n) is 3.75. The van der Waals surface area contributed by atoms with Crippen LogP contribution in [0.25, 0.3) is 0 Å². The van der Waals surface area contributed by atoms with Crippen LogP contribution >= 0.6 is 34.5 Å². The zero-order valence-electron chi connectivity index (χ0n) is 15.2. The molecule has 0 aliphatic rings. The number of carbonyl (C=O) groups is 2. The van der Waals surface area contributed by atoms with Crippen molar-refractivity contribution in [2.45, 2.75) is 12.8 Å². The predicted octanol–water partition coefficient (Wildman–Crippen LogP) is 5.50. The van der Waals surface area contributed by atoms with Crippen molar-refractivity contribution in [2.75, 3.05) is 17.2 Å². The van der Waals surface area contributed by atoms with Gasteiger partial charge in [-0.1, -0.05) is 23.2 Å². The van der Waals surface area contributed by atoms with Gasteiger partial charge in [0.25, 0.3) is 5.91 Å². The van der Waals surface area contributed by atoms with Crippen molar-refractivity contribution in [3.8, 4) is 5.75 Å². The molecule has 0 bridgehead atoms. The normalized spacial score (nSPS) is 10.4. The Hall–Kier alpha value is -2.61. The second-order valence-electron chi connectivity index (χ2n) is 5.94. The molecule has 0 saturated carbocycles. The maximum absolute atomic E-state index is 12.1. The summed E-state index contributed by atoms with van der Waals surface area (Å²) in [5, 5.41) is 8.66. The fourth-order valence-corrected chi connectivity index (χ4v) is 3.38. The van der Waals surface area contributed by atoms with E-state index < -0.39 is 0 Å². The second kappa shape index (κ2) is 10.2. The van der Waals surface area contributed by atoms with Crippen LogP contribution in [0.4, 0.5) is 11.4 Å². The van der Waals surface area contributed by atoms with E-state index in [9.17, 15) is 9.59 Å². The fraction of sp³-hybridized carbons (Fsp3) is 0.150. The topological polar surface area (TPSA) is 80.3 Å². The van der Waals surface area contributed by atoms with Crippen molar-refractivity contribution < 1.29 is 14.3 Å². The Bertz CT molecular complexity index is 979. The van der Waals surface area contributed by atoms with E-state index in [1.807, 2.05) is 0 Å². The summed E-state index contributed by atoms with van der Waals surface area (Å²) in [4.78, 5) is 28.0. The summed E-state index contributed by atoms with van der Waals surface area (Å²) in [5.41, 5.74) is 1.26. The van der Waals surface area contributed by atoms with Crippen LogP contribution in [0.2, 0.25) is 10.0 Å². The number of amides is 2. The van der Waals surface area contributed by atoms with Crippen LogP contribution in [0.1, 0.15) is 22.6 Å². The molecule has 2 N–H and O–H groups in total. The summed E-state index contributed by atoms with van der Waals surface area (Å²) in [6.07, 6.45) is 2.41. The molecule has 29 heavy (non-hydrogen) atoms. The van der Waals surface area contributed by atoms with Crippen molar-refractivity contribution >= 4 is 57.7 Å². The Morgan fingerprint density at radius 1 is 1.03 bits per heavy atom. The second-order valence-corrected chi connectivity index (χ2v) is 7.68. The smallest absolute Gasteiger partial charge is 0.284 e. The number of nitrogens with one attached hydrogen (secondary N) is 2. The maximum atomic E-state index is 12.1. The number of carbonyl (C=O) groups excluding carboxylic acids is 2. The number of nitrogens with zero attached hydrogens (tertiary/aromatic N) is 1. The van der Waals surface area contributed by atoms with Crippen molar-refractivity contribution in [2.24, 2.45) is 0 Å². The average molecular weight is 450 g/mol. The van der Waals surface area contributed by atoms with Gasteiger partial charge in [-0.15, -0.1) is 11.3 Å². The summed E-state index contributed by atoms with van der Waals surface area (Å²) >= 11 is 13.1. The van der Waals surface area contributed by atoms with Crippen LogP contribution in [0, 0.1) is 0 Å². The number of halogens is 2. The van der Waals surface area contributed by atoms with Gasteiger partial charge >= 0.3 is 0 Å². The number of aromatic nitrogens is 1. The lowest BCUT2D eigenvalue weighted by Gasteiger charge is -2.09. The minimum Gasteiger partial charge on any atom is -0.492 e. The molecule has 0 fully saturated rings. The molecule has 0 spiro atoms. The van der Waals surface area contributed by atoms with E-state index >= 15 is 0 Å². The first-order chi connectivity index (χ1) is 14.0. The molecule has 0 aliphatic heterocycles. The number of rotatable bonds is 8. The van der Waals surface area contributed by atoms with Crippen LogP contribution < -0.4 is 15.4 Å². The largest absolute Gasteiger partial charge is 0.492 e. The van der Waals surface area contributed by atoms with Gasteiger partial charge in [0, 0.05) is 34.4 Å². The van der Waals surface area contributed by atoms with Crippen molar-refractivity contribution in [3.05, 3.63) is 69.1 Å². The molecule has 0 radical (unpaired) electrons. The van der Waals surface area contributed by atoms with Gasteiger partial charge in [0.05, 0.1) is 11.6 Å². The van der Waals surface area contributed by atoms with E-state index in [0.29, 0.717) is 51.6 Å². The van der Waals surface area contributed by atoms with E-state index in [1.54, 1.807) is 54.0 Å². The summed E-state index contributed by atoms with van der Waals surface area (Å²) in [6.45, 7) is 0.358. The fourth-order valence-electron chi connectivity index (χ4n) is 2.39. The highest BCUT2D eigenvalue weighted by atomic mass is 35.5. The highest BCUT2D eigenvalue weighted by Gasteiger charge is 2.09. The minimum absolute atomic E-state index is 0.129. The molecule has 0 atom stereocenters. The summed E-state index contributed by atoms with van der Waals surface area (Å²) in [7, 11) is 0. The molecule has 1 aromatic heterocycles. The van der Waals surface area contributed by atoms with Gasteiger partial charge in [-0.3, -0.25) is 9.59 Å². The maximum Gasteiger partial charge on any atom is 0.284 e. The van der Waals surface area contributed by atoms with Crippen LogP contribution in [0.15, 0.2) is 54.0 Å². The molecule has 2 aromatic carbocycles. The molecule has 3 rings (SSSR count). The lowest BCUT2D eigenvalue weighted by Crippen LogP contribution is -2.13. The van der Waals surface area contributed by atoms with Crippen LogP contribution in [0.3, 0.4) is 0 Å². The van der Waals surface area contributed by atoms with Gasteiger partial charge in [-0.2, -0.15) is 0 Å². The molecular weight excluding hydrogens is 433 g/mol. The van der Waals surface area contributed by atoms with Crippen molar-refractivity contribution in [1.82, 2.24) is 4.98 Å². The number of benzene rings is 2. The lowest BCUT2D eigenvalue weighted by atomic mass is 10.2. The van der Waals surface area contributed by atoms with Gasteiger partial charge in [0.15, 0.2) is 5.01 Å². The molecule has 9 heteroatoms. The zero-order valence-corrected chi connectivity index (χ0v) is 17.5. The van der Waals surface area contributed by atoms with E-state index in [4.69, 9.17) is 27.9 Å². The Morgan fingerprint density at radius 3 is 2.41 bits per heavy atom. The predicted molar refractivity (Wildman–Crippen MR) is 116 cm³/mol.